The summed E-state index contributed by atoms with van der Waals surface area (Å²) in [4.78, 5) is 0. The molecule has 90 valence electrons. The van der Waals surface area contributed by atoms with Gasteiger partial charge in [-0.2, -0.15) is 0 Å². The Balaban J connectivity index is 2.79. The van der Waals surface area contributed by atoms with Gasteiger partial charge in [0.15, 0.2) is 0 Å². The number of rotatable bonds is 5. The summed E-state index contributed by atoms with van der Waals surface area (Å²) in [5.74, 6) is 0. The topological polar surface area (TPSA) is 12.0 Å². The Bertz CT molecular complexity index is 328. The van der Waals surface area contributed by atoms with Gasteiger partial charge in [-0.15, -0.1) is 0 Å². The maximum atomic E-state index is 6.16. The molecule has 0 radical (unpaired) electrons. The fourth-order valence-electron chi connectivity index (χ4n) is 1.71. The van der Waals surface area contributed by atoms with E-state index in [2.05, 4.69) is 26.1 Å². The second-order valence-electron chi connectivity index (χ2n) is 4.82. The normalized spacial score (nSPS) is 11.8. The van der Waals surface area contributed by atoms with Gasteiger partial charge in [0.2, 0.25) is 0 Å². The van der Waals surface area contributed by atoms with E-state index in [-0.39, 0.29) is 5.41 Å². The molecule has 0 aliphatic heterocycles. The second kappa shape index (κ2) is 5.90. The maximum absolute atomic E-state index is 6.16. The number of nitrogens with one attached hydrogen (secondary N) is 1. The van der Waals surface area contributed by atoms with Crippen molar-refractivity contribution in [3.8, 4) is 0 Å². The molecule has 1 aromatic rings. The van der Waals surface area contributed by atoms with Crippen LogP contribution in [0.1, 0.15) is 26.3 Å². The number of halogens is 2. The Morgan fingerprint density at radius 3 is 2.25 bits per heavy atom. The smallest absolute Gasteiger partial charge is 0.0453 e. The number of benzene rings is 1. The van der Waals surface area contributed by atoms with Crippen LogP contribution in [0.15, 0.2) is 18.2 Å². The van der Waals surface area contributed by atoms with Crippen molar-refractivity contribution in [2.45, 2.75) is 27.2 Å². The highest BCUT2D eigenvalue weighted by molar-refractivity contribution is 6.35. The van der Waals surface area contributed by atoms with Gasteiger partial charge in [0.1, 0.15) is 0 Å². The first kappa shape index (κ1) is 13.8. The van der Waals surface area contributed by atoms with E-state index in [0.717, 1.165) is 35.1 Å². The molecule has 0 saturated carbocycles. The first-order valence-electron chi connectivity index (χ1n) is 5.60. The van der Waals surface area contributed by atoms with Crippen molar-refractivity contribution in [3.63, 3.8) is 0 Å². The van der Waals surface area contributed by atoms with Gasteiger partial charge in [0.25, 0.3) is 0 Å². The van der Waals surface area contributed by atoms with Crippen molar-refractivity contribution in [3.05, 3.63) is 33.8 Å². The highest BCUT2D eigenvalue weighted by Crippen LogP contribution is 2.31. The third-order valence-corrected chi connectivity index (χ3v) is 3.28. The molecule has 0 bridgehead atoms. The van der Waals surface area contributed by atoms with E-state index in [9.17, 15) is 0 Å². The zero-order chi connectivity index (χ0) is 12.2. The molecule has 0 unspecified atom stereocenters. The largest absolute Gasteiger partial charge is 0.316 e. The maximum Gasteiger partial charge on any atom is 0.0453 e. The summed E-state index contributed by atoms with van der Waals surface area (Å²) in [5, 5.41) is 4.88. The minimum absolute atomic E-state index is 0.157. The van der Waals surface area contributed by atoms with Crippen molar-refractivity contribution in [1.29, 1.82) is 0 Å². The van der Waals surface area contributed by atoms with Gasteiger partial charge in [-0.25, -0.2) is 0 Å². The van der Waals surface area contributed by atoms with Crippen molar-refractivity contribution in [1.82, 2.24) is 5.32 Å². The molecule has 0 spiro atoms. The van der Waals surface area contributed by atoms with Crippen molar-refractivity contribution in [2.75, 3.05) is 13.1 Å². The Hall–Kier alpha value is -0.240. The molecule has 1 rings (SSSR count). The number of hydrogen-bond acceptors (Lipinski definition) is 1. The van der Waals surface area contributed by atoms with Crippen LogP contribution in [0.25, 0.3) is 0 Å². The van der Waals surface area contributed by atoms with E-state index in [1.54, 1.807) is 0 Å². The van der Waals surface area contributed by atoms with Crippen molar-refractivity contribution < 1.29 is 0 Å². The molecule has 0 fully saturated rings. The third kappa shape index (κ3) is 3.97. The Labute approximate surface area is 108 Å². The van der Waals surface area contributed by atoms with Crippen LogP contribution in [-0.4, -0.2) is 13.1 Å². The molecular formula is C13H19Cl2N. The van der Waals surface area contributed by atoms with Crippen LogP contribution in [0, 0.1) is 5.41 Å². The molecule has 1 aromatic carbocycles. The van der Waals surface area contributed by atoms with Gasteiger partial charge in [0.05, 0.1) is 0 Å². The Kier molecular flexibility index (Phi) is 5.10. The number of hydrogen-bond donors (Lipinski definition) is 1. The summed E-state index contributed by atoms with van der Waals surface area (Å²) in [5.41, 5.74) is 1.21. The Morgan fingerprint density at radius 1 is 1.19 bits per heavy atom. The monoisotopic (exact) mass is 259 g/mol. The average Bonchev–Trinajstić information content (AvgIpc) is 2.21. The molecule has 16 heavy (non-hydrogen) atoms. The highest BCUT2D eigenvalue weighted by Gasteiger charge is 2.20. The lowest BCUT2D eigenvalue weighted by Crippen LogP contribution is -2.31. The lowest BCUT2D eigenvalue weighted by Gasteiger charge is -2.26. The molecule has 0 aliphatic rings. The van der Waals surface area contributed by atoms with E-state index in [0.29, 0.717) is 0 Å². The molecule has 0 saturated heterocycles. The van der Waals surface area contributed by atoms with Crippen LogP contribution < -0.4 is 5.32 Å². The first-order valence-corrected chi connectivity index (χ1v) is 6.35. The summed E-state index contributed by atoms with van der Waals surface area (Å²) in [7, 11) is 0. The standard InChI is InChI=1S/C13H19Cl2N/c1-4-16-9-13(2,3)8-10-11(14)6-5-7-12(10)15/h5-7,16H,4,8-9H2,1-3H3. The average molecular weight is 260 g/mol. The minimum Gasteiger partial charge on any atom is -0.316 e. The lowest BCUT2D eigenvalue weighted by molar-refractivity contribution is 0.342. The molecule has 0 aliphatic carbocycles. The highest BCUT2D eigenvalue weighted by atomic mass is 35.5. The predicted octanol–water partition coefficient (Wildman–Crippen LogP) is 4.17. The van der Waals surface area contributed by atoms with Crippen LogP contribution in [0.3, 0.4) is 0 Å². The van der Waals surface area contributed by atoms with Gasteiger partial charge in [-0.3, -0.25) is 0 Å². The van der Waals surface area contributed by atoms with E-state index in [1.807, 2.05) is 18.2 Å². The zero-order valence-electron chi connectivity index (χ0n) is 10.1. The summed E-state index contributed by atoms with van der Waals surface area (Å²) in [6.07, 6.45) is 0.887. The molecular weight excluding hydrogens is 241 g/mol. The molecule has 1 nitrogen and oxygen atoms in total. The molecule has 3 heteroatoms. The van der Waals surface area contributed by atoms with E-state index < -0.39 is 0 Å². The molecule has 0 heterocycles. The molecule has 0 atom stereocenters. The van der Waals surface area contributed by atoms with Crippen molar-refractivity contribution in [2.24, 2.45) is 5.41 Å². The van der Waals surface area contributed by atoms with Crippen LogP contribution in [-0.2, 0) is 6.42 Å². The van der Waals surface area contributed by atoms with Crippen LogP contribution in [0.4, 0.5) is 0 Å². The van der Waals surface area contributed by atoms with Gasteiger partial charge < -0.3 is 5.32 Å². The van der Waals surface area contributed by atoms with Gasteiger partial charge in [-0.05, 0) is 36.1 Å². The fraction of sp³-hybridized carbons (Fsp3) is 0.538. The minimum atomic E-state index is 0.157. The zero-order valence-corrected chi connectivity index (χ0v) is 11.6. The summed E-state index contributed by atoms with van der Waals surface area (Å²) >= 11 is 12.3. The fourth-order valence-corrected chi connectivity index (χ4v) is 2.24. The molecule has 0 aromatic heterocycles. The summed E-state index contributed by atoms with van der Waals surface area (Å²) in [6.45, 7) is 8.49. The third-order valence-electron chi connectivity index (χ3n) is 2.57. The SMILES string of the molecule is CCNCC(C)(C)Cc1c(Cl)cccc1Cl. The first-order chi connectivity index (χ1) is 7.46. The van der Waals surface area contributed by atoms with E-state index >= 15 is 0 Å². The van der Waals surface area contributed by atoms with E-state index in [4.69, 9.17) is 23.2 Å². The van der Waals surface area contributed by atoms with E-state index in [1.165, 1.54) is 0 Å². The van der Waals surface area contributed by atoms with Gasteiger partial charge in [-0.1, -0.05) is 50.0 Å². The summed E-state index contributed by atoms with van der Waals surface area (Å²) in [6, 6.07) is 5.67. The molecule has 1 N–H and O–H groups in total. The van der Waals surface area contributed by atoms with Crippen LogP contribution in [0.5, 0.6) is 0 Å². The van der Waals surface area contributed by atoms with Crippen LogP contribution >= 0.6 is 23.2 Å². The summed E-state index contributed by atoms with van der Waals surface area (Å²) < 4.78 is 0. The Morgan fingerprint density at radius 2 is 1.75 bits per heavy atom. The van der Waals surface area contributed by atoms with Gasteiger partial charge >= 0.3 is 0 Å². The predicted molar refractivity (Wildman–Crippen MR) is 72.5 cm³/mol. The second-order valence-corrected chi connectivity index (χ2v) is 5.64. The van der Waals surface area contributed by atoms with Gasteiger partial charge in [0, 0.05) is 16.6 Å². The quantitative estimate of drug-likeness (QED) is 0.837. The lowest BCUT2D eigenvalue weighted by atomic mass is 9.85. The van der Waals surface area contributed by atoms with Crippen molar-refractivity contribution >= 4 is 23.2 Å². The molecule has 0 amide bonds. The van der Waals surface area contributed by atoms with Crippen LogP contribution in [0.2, 0.25) is 10.0 Å².